The highest BCUT2D eigenvalue weighted by atomic mass is 32.2. The van der Waals surface area contributed by atoms with E-state index in [9.17, 15) is 18.3 Å². The summed E-state index contributed by atoms with van der Waals surface area (Å²) in [6.45, 7) is 1.80. The second kappa shape index (κ2) is 12.7. The first-order valence-electron chi connectivity index (χ1n) is 13.4. The Morgan fingerprint density at radius 2 is 1.92 bits per heavy atom. The van der Waals surface area contributed by atoms with Crippen molar-refractivity contribution in [3.05, 3.63) is 30.2 Å². The summed E-state index contributed by atoms with van der Waals surface area (Å²) in [5.74, 6) is 0.720. The standard InChI is InChI=1S/C26H39N5O5S/c1-37(34,35)30-26(31-16-7-8-17-31)29-21(18-19-10-3-2-4-11-19)24(33)27-15-9-13-22(32)25-28-20-12-5-6-14-23(20)36-25/h5-6,12,14,19,21-22,32H,2-4,7-11,13,15-18H2,1H3,(H,27,33)(H,29,30)/t21?,22-/m1/s1. The second-order valence-corrected chi connectivity index (χ2v) is 12.0. The Bertz CT molecular complexity index is 1140. The number of hydrogen-bond acceptors (Lipinski definition) is 7. The van der Waals surface area contributed by atoms with Gasteiger partial charge in [0, 0.05) is 19.6 Å². The zero-order chi connectivity index (χ0) is 26.3. The van der Waals surface area contributed by atoms with Gasteiger partial charge in [-0.15, -0.1) is 0 Å². The van der Waals surface area contributed by atoms with Gasteiger partial charge in [-0.3, -0.25) is 9.52 Å². The maximum absolute atomic E-state index is 13.3. The number of carbonyl (C=O) groups excluding carboxylic acids is 1. The number of fused-ring (bicyclic) bond motifs is 1. The maximum atomic E-state index is 13.3. The largest absolute Gasteiger partial charge is 0.438 e. The number of sulfonamides is 1. The molecule has 204 valence electrons. The van der Waals surface area contributed by atoms with Crippen LogP contribution in [0.3, 0.4) is 0 Å². The summed E-state index contributed by atoms with van der Waals surface area (Å²) in [6.07, 6.45) is 9.34. The molecule has 10 nitrogen and oxygen atoms in total. The number of aliphatic imine (C=N–C) groups is 1. The van der Waals surface area contributed by atoms with Crippen LogP contribution < -0.4 is 10.0 Å². The van der Waals surface area contributed by atoms with Gasteiger partial charge in [0.2, 0.25) is 27.8 Å². The average molecular weight is 534 g/mol. The van der Waals surface area contributed by atoms with Gasteiger partial charge >= 0.3 is 0 Å². The topological polar surface area (TPSA) is 137 Å². The van der Waals surface area contributed by atoms with Crippen molar-refractivity contribution in [2.24, 2.45) is 10.9 Å². The molecule has 4 rings (SSSR count). The van der Waals surface area contributed by atoms with Crippen LogP contribution in [0, 0.1) is 5.92 Å². The lowest BCUT2D eigenvalue weighted by molar-refractivity contribution is -0.122. The van der Waals surface area contributed by atoms with Crippen molar-refractivity contribution < 1.29 is 22.7 Å². The Balaban J connectivity index is 1.38. The quantitative estimate of drug-likeness (QED) is 0.242. The van der Waals surface area contributed by atoms with Gasteiger partial charge in [0.05, 0.1) is 6.26 Å². The fourth-order valence-electron chi connectivity index (χ4n) is 5.15. The number of likely N-dealkylation sites (tertiary alicyclic amines) is 1. The van der Waals surface area contributed by atoms with Gasteiger partial charge in [0.15, 0.2) is 5.58 Å². The first-order chi connectivity index (χ1) is 17.8. The van der Waals surface area contributed by atoms with Gasteiger partial charge in [-0.05, 0) is 50.2 Å². The summed E-state index contributed by atoms with van der Waals surface area (Å²) in [5.41, 5.74) is 1.33. The van der Waals surface area contributed by atoms with Crippen molar-refractivity contribution in [3.63, 3.8) is 0 Å². The molecule has 3 N–H and O–H groups in total. The van der Waals surface area contributed by atoms with E-state index in [1.807, 2.05) is 23.1 Å². The molecule has 2 fully saturated rings. The molecule has 2 atom stereocenters. The molecule has 0 spiro atoms. The van der Waals surface area contributed by atoms with Crippen LogP contribution in [0.4, 0.5) is 0 Å². The first kappa shape index (κ1) is 27.4. The van der Waals surface area contributed by atoms with E-state index in [0.29, 0.717) is 55.9 Å². The molecule has 1 aromatic carbocycles. The number of hydrogen-bond donors (Lipinski definition) is 3. The molecule has 0 radical (unpaired) electrons. The van der Waals surface area contributed by atoms with Gasteiger partial charge in [0.1, 0.15) is 17.7 Å². The number of para-hydroxylation sites is 2. The Labute approximate surface area is 219 Å². The van der Waals surface area contributed by atoms with E-state index in [-0.39, 0.29) is 17.8 Å². The third kappa shape index (κ3) is 8.16. The van der Waals surface area contributed by atoms with Gasteiger partial charge in [-0.25, -0.2) is 18.4 Å². The molecule has 1 aliphatic heterocycles. The number of benzene rings is 1. The highest BCUT2D eigenvalue weighted by Gasteiger charge is 2.27. The van der Waals surface area contributed by atoms with Crippen molar-refractivity contribution >= 4 is 33.0 Å². The summed E-state index contributed by atoms with van der Waals surface area (Å²) in [7, 11) is -3.53. The zero-order valence-corrected chi connectivity index (χ0v) is 22.4. The van der Waals surface area contributed by atoms with Crippen LogP contribution in [0.2, 0.25) is 0 Å². The predicted molar refractivity (Wildman–Crippen MR) is 142 cm³/mol. The summed E-state index contributed by atoms with van der Waals surface area (Å²) in [4.78, 5) is 24.2. The molecule has 1 saturated heterocycles. The number of aromatic nitrogens is 1. The van der Waals surface area contributed by atoms with Crippen molar-refractivity contribution in [1.29, 1.82) is 0 Å². The van der Waals surface area contributed by atoms with Crippen molar-refractivity contribution in [3.8, 4) is 0 Å². The predicted octanol–water partition coefficient (Wildman–Crippen LogP) is 3.10. The number of carbonyl (C=O) groups is 1. The van der Waals surface area contributed by atoms with E-state index in [1.54, 1.807) is 6.07 Å². The molecule has 1 saturated carbocycles. The van der Waals surface area contributed by atoms with Crippen LogP contribution in [0.5, 0.6) is 0 Å². The minimum absolute atomic E-state index is 0.214. The molecule has 1 aromatic heterocycles. The van der Waals surface area contributed by atoms with E-state index >= 15 is 0 Å². The summed E-state index contributed by atoms with van der Waals surface area (Å²) >= 11 is 0. The Kier molecular flexibility index (Phi) is 9.42. The van der Waals surface area contributed by atoms with E-state index in [1.165, 1.54) is 6.42 Å². The molecule has 11 heteroatoms. The van der Waals surface area contributed by atoms with E-state index in [4.69, 9.17) is 4.42 Å². The maximum Gasteiger partial charge on any atom is 0.244 e. The van der Waals surface area contributed by atoms with E-state index in [2.05, 4.69) is 20.0 Å². The lowest BCUT2D eigenvalue weighted by atomic mass is 9.84. The molecule has 37 heavy (non-hydrogen) atoms. The normalized spacial score (nSPS) is 19.2. The summed E-state index contributed by atoms with van der Waals surface area (Å²) < 4.78 is 32.3. The van der Waals surface area contributed by atoms with Crippen LogP contribution in [0.1, 0.15) is 76.2 Å². The lowest BCUT2D eigenvalue weighted by Crippen LogP contribution is -2.45. The van der Waals surface area contributed by atoms with Gasteiger partial charge < -0.3 is 19.7 Å². The molecule has 2 aromatic rings. The minimum atomic E-state index is -3.53. The van der Waals surface area contributed by atoms with Crippen LogP contribution in [0.25, 0.3) is 11.1 Å². The average Bonchev–Trinajstić information content (AvgIpc) is 3.56. The summed E-state index contributed by atoms with van der Waals surface area (Å²) in [5, 5.41) is 13.5. The number of amides is 1. The lowest BCUT2D eigenvalue weighted by Gasteiger charge is -2.26. The Morgan fingerprint density at radius 1 is 1.19 bits per heavy atom. The molecule has 2 heterocycles. The third-order valence-electron chi connectivity index (χ3n) is 7.09. The smallest absolute Gasteiger partial charge is 0.244 e. The third-order valence-corrected chi connectivity index (χ3v) is 7.65. The van der Waals surface area contributed by atoms with Gasteiger partial charge in [-0.2, -0.15) is 0 Å². The van der Waals surface area contributed by atoms with Crippen molar-refractivity contribution in [1.82, 2.24) is 19.9 Å². The molecular weight excluding hydrogens is 494 g/mol. The number of aliphatic hydroxyl groups excluding tert-OH is 1. The highest BCUT2D eigenvalue weighted by Crippen LogP contribution is 2.28. The van der Waals surface area contributed by atoms with E-state index in [0.717, 1.165) is 44.8 Å². The number of nitrogens with zero attached hydrogens (tertiary/aromatic N) is 3. The van der Waals surface area contributed by atoms with E-state index < -0.39 is 22.2 Å². The molecule has 2 aliphatic rings. The van der Waals surface area contributed by atoms with Crippen molar-refractivity contribution in [2.45, 2.75) is 76.4 Å². The van der Waals surface area contributed by atoms with Gasteiger partial charge in [-0.1, -0.05) is 44.2 Å². The van der Waals surface area contributed by atoms with Crippen LogP contribution in [-0.4, -0.2) is 67.2 Å². The second-order valence-electron chi connectivity index (χ2n) is 10.2. The minimum Gasteiger partial charge on any atom is -0.438 e. The SMILES string of the molecule is CS(=O)(=O)NC(=NC(CC1CCCCC1)C(=O)NCCC[C@@H](O)c1nc2ccccc2o1)N1CCCC1. The Hall–Kier alpha value is -2.66. The fraction of sp³-hybridized carbons (Fsp3) is 0.654. The number of guanidine groups is 1. The van der Waals surface area contributed by atoms with Crippen molar-refractivity contribution in [2.75, 3.05) is 25.9 Å². The zero-order valence-electron chi connectivity index (χ0n) is 21.6. The molecular formula is C26H39N5O5S. The molecule has 1 unspecified atom stereocenters. The monoisotopic (exact) mass is 533 g/mol. The van der Waals surface area contributed by atoms with Crippen LogP contribution in [0.15, 0.2) is 33.7 Å². The first-order valence-corrected chi connectivity index (χ1v) is 15.3. The Morgan fingerprint density at radius 3 is 2.62 bits per heavy atom. The van der Waals surface area contributed by atoms with Gasteiger partial charge in [0.25, 0.3) is 0 Å². The molecule has 0 bridgehead atoms. The fourth-order valence-corrected chi connectivity index (χ4v) is 5.67. The number of rotatable bonds is 10. The number of oxazole rings is 1. The summed E-state index contributed by atoms with van der Waals surface area (Å²) in [6, 6.07) is 6.68. The van der Waals surface area contributed by atoms with Crippen LogP contribution in [-0.2, 0) is 14.8 Å². The molecule has 1 amide bonds. The highest BCUT2D eigenvalue weighted by molar-refractivity contribution is 7.89. The number of aliphatic hydroxyl groups is 1. The molecule has 1 aliphatic carbocycles. The number of nitrogens with one attached hydrogen (secondary N) is 2. The van der Waals surface area contributed by atoms with Crippen LogP contribution >= 0.6 is 0 Å².